The van der Waals surface area contributed by atoms with Crippen molar-refractivity contribution in [2.24, 2.45) is 17.8 Å². The third-order valence-corrected chi connectivity index (χ3v) is 8.50. The molecule has 4 aliphatic rings. The lowest BCUT2D eigenvalue weighted by Gasteiger charge is -2.55. The predicted octanol–water partition coefficient (Wildman–Crippen LogP) is 4.90. The molecule has 1 amide bonds. The molecule has 0 atom stereocenters. The van der Waals surface area contributed by atoms with Gasteiger partial charge in [-0.25, -0.2) is 0 Å². The Balaban J connectivity index is 1.40. The Morgan fingerprint density at radius 3 is 2.26 bits per heavy atom. The molecule has 2 aromatic rings. The van der Waals surface area contributed by atoms with Gasteiger partial charge in [0.05, 0.1) is 0 Å². The highest BCUT2D eigenvalue weighted by atomic mass is 32.1. The van der Waals surface area contributed by atoms with E-state index in [1.54, 1.807) is 16.2 Å². The van der Waals surface area contributed by atoms with Gasteiger partial charge in [0.25, 0.3) is 5.91 Å². The number of nitrogens with zero attached hydrogens (tertiary/aromatic N) is 3. The summed E-state index contributed by atoms with van der Waals surface area (Å²) < 4.78 is 0. The molecule has 4 nitrogen and oxygen atoms in total. The molecule has 1 aromatic carbocycles. The van der Waals surface area contributed by atoms with E-state index in [9.17, 15) is 4.79 Å². The van der Waals surface area contributed by atoms with Crippen LogP contribution in [0.1, 0.15) is 65.0 Å². The number of aryl methyl sites for hydroxylation is 2. The van der Waals surface area contributed by atoms with E-state index in [-0.39, 0.29) is 11.3 Å². The van der Waals surface area contributed by atoms with Gasteiger partial charge < -0.3 is 0 Å². The first-order valence-electron chi connectivity index (χ1n) is 10.1. The molecule has 0 saturated heterocycles. The maximum absolute atomic E-state index is 12.9. The van der Waals surface area contributed by atoms with Crippen LogP contribution in [0.4, 0.5) is 5.13 Å². The molecule has 1 aromatic heterocycles. The van der Waals surface area contributed by atoms with Gasteiger partial charge in [-0.05, 0) is 93.4 Å². The normalized spacial score (nSPS) is 31.3. The molecule has 142 valence electrons. The van der Waals surface area contributed by atoms with E-state index >= 15 is 0 Å². The molecule has 1 heterocycles. The van der Waals surface area contributed by atoms with E-state index in [4.69, 9.17) is 0 Å². The number of benzene rings is 1. The van der Waals surface area contributed by atoms with Gasteiger partial charge in [-0.1, -0.05) is 17.4 Å². The molecule has 0 aliphatic heterocycles. The largest absolute Gasteiger partial charge is 0.286 e. The van der Waals surface area contributed by atoms with E-state index in [0.717, 1.165) is 28.4 Å². The Morgan fingerprint density at radius 1 is 1.04 bits per heavy atom. The van der Waals surface area contributed by atoms with Gasteiger partial charge in [0.2, 0.25) is 5.13 Å². The number of amides is 1. The molecule has 4 bridgehead atoms. The molecule has 4 fully saturated rings. The fourth-order valence-electron chi connectivity index (χ4n) is 6.09. The average molecular weight is 382 g/mol. The number of carbonyl (C=O) groups is 1. The predicted molar refractivity (Wildman–Crippen MR) is 108 cm³/mol. The van der Waals surface area contributed by atoms with E-state index < -0.39 is 0 Å². The van der Waals surface area contributed by atoms with Crippen LogP contribution in [-0.4, -0.2) is 23.2 Å². The smallest absolute Gasteiger partial charge is 0.259 e. The second-order valence-electron chi connectivity index (χ2n) is 9.25. The van der Waals surface area contributed by atoms with Crippen molar-refractivity contribution in [1.82, 2.24) is 10.2 Å². The number of anilines is 1. The summed E-state index contributed by atoms with van der Waals surface area (Å²) in [7, 11) is 1.82. The van der Waals surface area contributed by atoms with Crippen molar-refractivity contribution in [3.8, 4) is 0 Å². The van der Waals surface area contributed by atoms with Crippen LogP contribution in [0.15, 0.2) is 18.2 Å². The SMILES string of the molecule is Cc1ccc(C(=O)N(C)c2nnc(C34CC5CC(CC(C5)C3)C4)s2)cc1C. The quantitative estimate of drug-likeness (QED) is 0.760. The molecule has 0 radical (unpaired) electrons. The Bertz CT molecular complexity index is 867. The molecule has 4 aliphatic carbocycles. The van der Waals surface area contributed by atoms with Crippen molar-refractivity contribution in [2.75, 3.05) is 11.9 Å². The summed E-state index contributed by atoms with van der Waals surface area (Å²) in [5.41, 5.74) is 3.30. The van der Waals surface area contributed by atoms with E-state index in [0.29, 0.717) is 5.56 Å². The van der Waals surface area contributed by atoms with Crippen LogP contribution in [0.5, 0.6) is 0 Å². The van der Waals surface area contributed by atoms with Gasteiger partial charge in [-0.3, -0.25) is 9.69 Å². The summed E-state index contributed by atoms with van der Waals surface area (Å²) in [6.45, 7) is 4.11. The lowest BCUT2D eigenvalue weighted by atomic mass is 9.50. The van der Waals surface area contributed by atoms with E-state index in [2.05, 4.69) is 17.1 Å². The molecular formula is C22H27N3OS. The van der Waals surface area contributed by atoms with Crippen LogP contribution in [-0.2, 0) is 5.41 Å². The second-order valence-corrected chi connectivity index (χ2v) is 10.2. The zero-order chi connectivity index (χ0) is 18.8. The monoisotopic (exact) mass is 381 g/mol. The maximum atomic E-state index is 12.9. The number of hydrogen-bond acceptors (Lipinski definition) is 4. The Labute approximate surface area is 165 Å². The van der Waals surface area contributed by atoms with Crippen LogP contribution >= 0.6 is 11.3 Å². The van der Waals surface area contributed by atoms with Crippen molar-refractivity contribution >= 4 is 22.4 Å². The zero-order valence-corrected chi connectivity index (χ0v) is 17.2. The van der Waals surface area contributed by atoms with Crippen LogP contribution in [0, 0.1) is 31.6 Å². The molecular weight excluding hydrogens is 354 g/mol. The Hall–Kier alpha value is -1.75. The molecule has 6 rings (SSSR count). The number of rotatable bonds is 3. The first-order chi connectivity index (χ1) is 12.9. The number of carbonyl (C=O) groups excluding carboxylic acids is 1. The fourth-order valence-corrected chi connectivity index (χ4v) is 7.12. The molecule has 0 spiro atoms. The minimum Gasteiger partial charge on any atom is -0.286 e. The van der Waals surface area contributed by atoms with Gasteiger partial charge in [0.1, 0.15) is 5.01 Å². The third kappa shape index (κ3) is 2.82. The highest BCUT2D eigenvalue weighted by Crippen LogP contribution is 2.61. The lowest BCUT2D eigenvalue weighted by molar-refractivity contribution is -0.00555. The van der Waals surface area contributed by atoms with Crippen molar-refractivity contribution in [3.05, 3.63) is 39.9 Å². The van der Waals surface area contributed by atoms with Gasteiger partial charge in [-0.15, -0.1) is 10.2 Å². The molecule has 0 unspecified atom stereocenters. The summed E-state index contributed by atoms with van der Waals surface area (Å²) in [4.78, 5) is 14.6. The molecule has 4 saturated carbocycles. The van der Waals surface area contributed by atoms with Crippen molar-refractivity contribution in [1.29, 1.82) is 0 Å². The summed E-state index contributed by atoms with van der Waals surface area (Å²) in [5, 5.41) is 10.9. The van der Waals surface area contributed by atoms with Gasteiger partial charge in [0.15, 0.2) is 0 Å². The zero-order valence-electron chi connectivity index (χ0n) is 16.4. The number of hydrogen-bond donors (Lipinski definition) is 0. The Morgan fingerprint density at radius 2 is 1.67 bits per heavy atom. The standard InChI is InChI=1S/C22H27N3OS/c1-13-4-5-18(6-14(13)2)19(26)25(3)21-24-23-20(27-21)22-10-15-7-16(11-22)9-17(8-15)12-22/h4-6,15-17H,7-12H2,1-3H3. The van der Waals surface area contributed by atoms with Crippen molar-refractivity contribution in [3.63, 3.8) is 0 Å². The minimum absolute atomic E-state index is 0.00804. The maximum Gasteiger partial charge on any atom is 0.259 e. The summed E-state index contributed by atoms with van der Waals surface area (Å²) >= 11 is 1.64. The van der Waals surface area contributed by atoms with Gasteiger partial charge in [0, 0.05) is 18.0 Å². The second kappa shape index (κ2) is 6.13. The fraction of sp³-hybridized carbons (Fsp3) is 0.591. The first-order valence-corrected chi connectivity index (χ1v) is 10.9. The molecule has 0 N–H and O–H groups in total. The van der Waals surface area contributed by atoms with E-state index in [1.165, 1.54) is 49.1 Å². The minimum atomic E-state index is -0.00804. The van der Waals surface area contributed by atoms with Gasteiger partial charge >= 0.3 is 0 Å². The highest BCUT2D eigenvalue weighted by molar-refractivity contribution is 7.15. The van der Waals surface area contributed by atoms with Crippen LogP contribution < -0.4 is 4.90 Å². The molecule has 27 heavy (non-hydrogen) atoms. The van der Waals surface area contributed by atoms with Crippen molar-refractivity contribution in [2.45, 2.75) is 57.8 Å². The Kier molecular flexibility index (Phi) is 3.94. The molecule has 5 heteroatoms. The summed E-state index contributed by atoms with van der Waals surface area (Å²) in [6.07, 6.45) is 8.12. The first kappa shape index (κ1) is 17.4. The van der Waals surface area contributed by atoms with Crippen LogP contribution in [0.2, 0.25) is 0 Å². The van der Waals surface area contributed by atoms with Crippen LogP contribution in [0.25, 0.3) is 0 Å². The average Bonchev–Trinajstić information content (AvgIpc) is 3.13. The summed E-state index contributed by atoms with van der Waals surface area (Å²) in [5.74, 6) is 2.65. The highest BCUT2D eigenvalue weighted by Gasteiger charge is 2.53. The van der Waals surface area contributed by atoms with Gasteiger partial charge in [-0.2, -0.15) is 0 Å². The van der Waals surface area contributed by atoms with Crippen molar-refractivity contribution < 1.29 is 4.79 Å². The lowest BCUT2D eigenvalue weighted by Crippen LogP contribution is -2.48. The number of aromatic nitrogens is 2. The summed E-state index contributed by atoms with van der Waals surface area (Å²) in [6, 6.07) is 5.88. The van der Waals surface area contributed by atoms with E-state index in [1.807, 2.05) is 32.2 Å². The van der Waals surface area contributed by atoms with Crippen LogP contribution in [0.3, 0.4) is 0 Å². The third-order valence-electron chi connectivity index (χ3n) is 7.25. The topological polar surface area (TPSA) is 46.1 Å².